The Bertz CT molecular complexity index is 211. The first-order valence-electron chi connectivity index (χ1n) is 4.89. The van der Waals surface area contributed by atoms with Crippen LogP contribution in [-0.2, 0) is 19.0 Å². The van der Waals surface area contributed by atoms with E-state index < -0.39 is 18.4 Å². The molecule has 2 fully saturated rings. The zero-order valence-corrected chi connectivity index (χ0v) is 7.85. The highest BCUT2D eigenvalue weighted by atomic mass is 16.7. The molecule has 0 bridgehead atoms. The van der Waals surface area contributed by atoms with Gasteiger partial charge < -0.3 is 19.3 Å². The summed E-state index contributed by atoms with van der Waals surface area (Å²) < 4.78 is 15.9. The maximum absolute atomic E-state index is 10.6. The highest BCUT2D eigenvalue weighted by Gasteiger charge is 2.37. The molecule has 0 aromatic rings. The van der Waals surface area contributed by atoms with Crippen molar-refractivity contribution in [3.8, 4) is 0 Å². The lowest BCUT2D eigenvalue weighted by atomic mass is 10.1. The number of hydrogen-bond acceptors (Lipinski definition) is 4. The normalized spacial score (nSPS) is 38.4. The van der Waals surface area contributed by atoms with Gasteiger partial charge >= 0.3 is 5.97 Å². The molecule has 3 atom stereocenters. The molecular weight excluding hydrogens is 188 g/mol. The monoisotopic (exact) mass is 202 g/mol. The van der Waals surface area contributed by atoms with Crippen LogP contribution in [0.4, 0.5) is 0 Å². The molecule has 80 valence electrons. The zero-order valence-electron chi connectivity index (χ0n) is 7.85. The second-order valence-electron chi connectivity index (χ2n) is 3.57. The van der Waals surface area contributed by atoms with Crippen LogP contribution in [0, 0.1) is 0 Å². The van der Waals surface area contributed by atoms with Gasteiger partial charge in [-0.05, 0) is 19.3 Å². The molecule has 5 heteroatoms. The van der Waals surface area contributed by atoms with Gasteiger partial charge in [-0.1, -0.05) is 0 Å². The van der Waals surface area contributed by atoms with Gasteiger partial charge in [-0.15, -0.1) is 0 Å². The molecule has 2 heterocycles. The Balaban J connectivity index is 1.85. The molecule has 0 amide bonds. The second kappa shape index (κ2) is 4.25. The molecule has 0 aromatic carbocycles. The van der Waals surface area contributed by atoms with Crippen molar-refractivity contribution in [3.05, 3.63) is 0 Å². The molecule has 1 N–H and O–H groups in total. The summed E-state index contributed by atoms with van der Waals surface area (Å²) in [6, 6.07) is 0. The number of carboxylic acid groups (broad SMARTS) is 1. The molecule has 0 aliphatic carbocycles. The van der Waals surface area contributed by atoms with Crippen LogP contribution >= 0.6 is 0 Å². The summed E-state index contributed by atoms with van der Waals surface area (Å²) in [6.07, 6.45) is 1.63. The highest BCUT2D eigenvalue weighted by Crippen LogP contribution is 2.23. The fourth-order valence-electron chi connectivity index (χ4n) is 1.73. The Kier molecular flexibility index (Phi) is 3.00. The van der Waals surface area contributed by atoms with Gasteiger partial charge in [-0.25, -0.2) is 4.79 Å². The smallest absolute Gasteiger partial charge is 0.335 e. The van der Waals surface area contributed by atoms with Crippen LogP contribution in [0.3, 0.4) is 0 Å². The van der Waals surface area contributed by atoms with Crippen LogP contribution in [0.15, 0.2) is 0 Å². The van der Waals surface area contributed by atoms with Crippen molar-refractivity contribution >= 4 is 5.97 Å². The molecule has 2 rings (SSSR count). The molecule has 5 nitrogen and oxygen atoms in total. The van der Waals surface area contributed by atoms with Gasteiger partial charge in [0.05, 0.1) is 6.61 Å². The zero-order chi connectivity index (χ0) is 9.97. The summed E-state index contributed by atoms with van der Waals surface area (Å²) >= 11 is 0. The van der Waals surface area contributed by atoms with Gasteiger partial charge in [0.25, 0.3) is 0 Å². The first-order valence-corrected chi connectivity index (χ1v) is 4.89. The van der Waals surface area contributed by atoms with Gasteiger partial charge in [0.1, 0.15) is 6.10 Å². The number of rotatable bonds is 2. The standard InChI is InChI=1S/C9H14O5/c10-8(11)7-5-13-9(14-7)6-3-1-2-4-12-6/h6-7,9H,1-5H2,(H,10,11). The second-order valence-corrected chi connectivity index (χ2v) is 3.57. The van der Waals surface area contributed by atoms with Gasteiger partial charge in [-0.3, -0.25) is 0 Å². The predicted molar refractivity (Wildman–Crippen MR) is 45.8 cm³/mol. The van der Waals surface area contributed by atoms with Crippen LogP contribution in [0.2, 0.25) is 0 Å². The summed E-state index contributed by atoms with van der Waals surface area (Å²) in [5, 5.41) is 8.68. The summed E-state index contributed by atoms with van der Waals surface area (Å²) in [7, 11) is 0. The SMILES string of the molecule is O=C(O)C1COC(C2CCCCO2)O1. The maximum atomic E-state index is 10.6. The molecule has 0 spiro atoms. The third kappa shape index (κ3) is 2.05. The van der Waals surface area contributed by atoms with Crippen molar-refractivity contribution in [3.63, 3.8) is 0 Å². The van der Waals surface area contributed by atoms with Crippen molar-refractivity contribution in [2.45, 2.75) is 37.8 Å². The summed E-state index contributed by atoms with van der Waals surface area (Å²) in [5.74, 6) is -0.969. The number of carbonyl (C=O) groups is 1. The largest absolute Gasteiger partial charge is 0.479 e. The third-order valence-electron chi connectivity index (χ3n) is 2.50. The Morgan fingerprint density at radius 2 is 2.14 bits per heavy atom. The number of carboxylic acids is 1. The molecule has 3 unspecified atom stereocenters. The van der Waals surface area contributed by atoms with E-state index in [1.165, 1.54) is 0 Å². The van der Waals surface area contributed by atoms with E-state index in [1.807, 2.05) is 0 Å². The van der Waals surface area contributed by atoms with Crippen molar-refractivity contribution in [1.82, 2.24) is 0 Å². The Labute approximate surface area is 81.9 Å². The van der Waals surface area contributed by atoms with E-state index in [0.717, 1.165) is 19.3 Å². The van der Waals surface area contributed by atoms with Crippen molar-refractivity contribution < 1.29 is 24.1 Å². The van der Waals surface area contributed by atoms with Crippen LogP contribution in [0.25, 0.3) is 0 Å². The van der Waals surface area contributed by atoms with Crippen LogP contribution in [0.5, 0.6) is 0 Å². The molecule has 0 saturated carbocycles. The quantitative estimate of drug-likeness (QED) is 0.701. The molecule has 14 heavy (non-hydrogen) atoms. The first-order chi connectivity index (χ1) is 6.77. The van der Waals surface area contributed by atoms with Crippen LogP contribution in [0.1, 0.15) is 19.3 Å². The lowest BCUT2D eigenvalue weighted by Gasteiger charge is -2.26. The van der Waals surface area contributed by atoms with Crippen molar-refractivity contribution in [2.24, 2.45) is 0 Å². The minimum Gasteiger partial charge on any atom is -0.479 e. The van der Waals surface area contributed by atoms with E-state index in [9.17, 15) is 4.79 Å². The molecular formula is C9H14O5. The van der Waals surface area contributed by atoms with E-state index in [-0.39, 0.29) is 12.7 Å². The number of hydrogen-bond donors (Lipinski definition) is 1. The highest BCUT2D eigenvalue weighted by molar-refractivity contribution is 5.72. The summed E-state index contributed by atoms with van der Waals surface area (Å²) in [6.45, 7) is 0.839. The predicted octanol–water partition coefficient (Wildman–Crippen LogP) is 0.382. The number of aliphatic carboxylic acids is 1. The van der Waals surface area contributed by atoms with Crippen LogP contribution in [-0.4, -0.2) is 42.8 Å². The Morgan fingerprint density at radius 3 is 2.71 bits per heavy atom. The van der Waals surface area contributed by atoms with E-state index in [1.54, 1.807) is 0 Å². The lowest BCUT2D eigenvalue weighted by Crippen LogP contribution is -2.34. The molecule has 2 saturated heterocycles. The minimum atomic E-state index is -0.969. The Morgan fingerprint density at radius 1 is 1.29 bits per heavy atom. The fourth-order valence-corrected chi connectivity index (χ4v) is 1.73. The van der Waals surface area contributed by atoms with Gasteiger partial charge in [0, 0.05) is 6.61 Å². The summed E-state index contributed by atoms with van der Waals surface area (Å²) in [4.78, 5) is 10.6. The summed E-state index contributed by atoms with van der Waals surface area (Å²) in [5.41, 5.74) is 0. The minimum absolute atomic E-state index is 0.0897. The van der Waals surface area contributed by atoms with Gasteiger partial charge in [-0.2, -0.15) is 0 Å². The molecule has 2 aliphatic rings. The average molecular weight is 202 g/mol. The van der Waals surface area contributed by atoms with E-state index >= 15 is 0 Å². The Hall–Kier alpha value is -0.650. The van der Waals surface area contributed by atoms with E-state index in [0.29, 0.717) is 6.61 Å². The topological polar surface area (TPSA) is 65.0 Å². The van der Waals surface area contributed by atoms with Crippen molar-refractivity contribution in [2.75, 3.05) is 13.2 Å². The molecule has 0 radical (unpaired) electrons. The van der Waals surface area contributed by atoms with E-state index in [4.69, 9.17) is 19.3 Å². The van der Waals surface area contributed by atoms with Crippen LogP contribution < -0.4 is 0 Å². The van der Waals surface area contributed by atoms with E-state index in [2.05, 4.69) is 0 Å². The van der Waals surface area contributed by atoms with Crippen molar-refractivity contribution in [1.29, 1.82) is 0 Å². The number of ether oxygens (including phenoxy) is 3. The maximum Gasteiger partial charge on any atom is 0.335 e. The molecule has 2 aliphatic heterocycles. The first kappa shape index (κ1) is 9.89. The van der Waals surface area contributed by atoms with Gasteiger partial charge in [0.2, 0.25) is 0 Å². The third-order valence-corrected chi connectivity index (χ3v) is 2.50. The van der Waals surface area contributed by atoms with Gasteiger partial charge in [0.15, 0.2) is 12.4 Å². The fraction of sp³-hybridized carbons (Fsp3) is 0.889. The lowest BCUT2D eigenvalue weighted by molar-refractivity contribution is -0.174. The average Bonchev–Trinajstić information content (AvgIpc) is 2.68. The molecule has 0 aromatic heterocycles.